The molecule has 146 valence electrons. The van der Waals surface area contributed by atoms with Gasteiger partial charge in [0, 0.05) is 11.5 Å². The van der Waals surface area contributed by atoms with Gasteiger partial charge in [-0.25, -0.2) is 0 Å². The molecule has 0 bridgehead atoms. The molecule has 6 heteroatoms. The van der Waals surface area contributed by atoms with E-state index in [1.807, 2.05) is 67.6 Å². The number of aromatic hydroxyl groups is 2. The number of hydrogen-bond donors (Lipinski definition) is 3. The minimum Gasteiger partial charge on any atom is -0.508 e. The fourth-order valence-electron chi connectivity index (χ4n) is 3.51. The fourth-order valence-corrected chi connectivity index (χ4v) is 4.10. The lowest BCUT2D eigenvalue weighted by atomic mass is 9.81. The maximum atomic E-state index is 11.6. The molecule has 0 saturated carbocycles. The highest BCUT2D eigenvalue weighted by molar-refractivity contribution is 7.86. The second-order valence-electron chi connectivity index (χ2n) is 6.83. The van der Waals surface area contributed by atoms with E-state index in [0.717, 1.165) is 17.2 Å². The summed E-state index contributed by atoms with van der Waals surface area (Å²) in [5.74, 6) is -1.26. The standard InChI is InChI=1S/C22H22O5S/c1-15(16-8-4-2-5-9-16)14-18(17-10-6-3-7-11-17)21-19(23)12-13-20(22(21)24)28(25,26)27/h2-13,15,18,23-24H,14H2,1H3,(H,25,26,27). The van der Waals surface area contributed by atoms with Crippen molar-refractivity contribution < 1.29 is 23.2 Å². The normalized spacial score (nSPS) is 13.8. The molecule has 0 aromatic heterocycles. The highest BCUT2D eigenvalue weighted by Gasteiger charge is 2.28. The Balaban J connectivity index is 2.13. The van der Waals surface area contributed by atoms with Gasteiger partial charge in [-0.05, 0) is 35.6 Å². The van der Waals surface area contributed by atoms with Gasteiger partial charge in [0.25, 0.3) is 10.1 Å². The predicted octanol–water partition coefficient (Wildman–Crippen LogP) is 4.67. The second-order valence-corrected chi connectivity index (χ2v) is 8.22. The maximum Gasteiger partial charge on any atom is 0.298 e. The van der Waals surface area contributed by atoms with Crippen molar-refractivity contribution in [3.8, 4) is 11.5 Å². The van der Waals surface area contributed by atoms with Crippen molar-refractivity contribution in [3.63, 3.8) is 0 Å². The molecule has 0 radical (unpaired) electrons. The van der Waals surface area contributed by atoms with Crippen LogP contribution in [0.2, 0.25) is 0 Å². The van der Waals surface area contributed by atoms with E-state index < -0.39 is 26.7 Å². The van der Waals surface area contributed by atoms with Crippen molar-refractivity contribution in [3.05, 3.63) is 89.5 Å². The van der Waals surface area contributed by atoms with E-state index in [0.29, 0.717) is 6.42 Å². The van der Waals surface area contributed by atoms with E-state index in [-0.39, 0.29) is 17.2 Å². The summed E-state index contributed by atoms with van der Waals surface area (Å²) in [6, 6.07) is 21.3. The van der Waals surface area contributed by atoms with E-state index in [4.69, 9.17) is 0 Å². The van der Waals surface area contributed by atoms with Crippen LogP contribution in [0.15, 0.2) is 77.7 Å². The Hall–Kier alpha value is -2.83. The Morgan fingerprint density at radius 3 is 1.89 bits per heavy atom. The summed E-state index contributed by atoms with van der Waals surface area (Å²) in [5.41, 5.74) is 2.00. The molecule has 3 rings (SSSR count). The van der Waals surface area contributed by atoms with Gasteiger partial charge >= 0.3 is 0 Å². The van der Waals surface area contributed by atoms with Crippen LogP contribution in [0.25, 0.3) is 0 Å². The first kappa shape index (κ1) is 19.9. The van der Waals surface area contributed by atoms with Crippen molar-refractivity contribution >= 4 is 10.1 Å². The molecular weight excluding hydrogens is 376 g/mol. The van der Waals surface area contributed by atoms with Crippen LogP contribution in [0.1, 0.15) is 41.9 Å². The van der Waals surface area contributed by atoms with Gasteiger partial charge in [0.05, 0.1) is 0 Å². The summed E-state index contributed by atoms with van der Waals surface area (Å²) >= 11 is 0. The van der Waals surface area contributed by atoms with E-state index >= 15 is 0 Å². The highest BCUT2D eigenvalue weighted by atomic mass is 32.2. The zero-order chi connectivity index (χ0) is 20.3. The lowest BCUT2D eigenvalue weighted by Gasteiger charge is -2.24. The van der Waals surface area contributed by atoms with Crippen LogP contribution in [0.5, 0.6) is 11.5 Å². The maximum absolute atomic E-state index is 11.6. The van der Waals surface area contributed by atoms with Gasteiger partial charge in [-0.3, -0.25) is 4.55 Å². The van der Waals surface area contributed by atoms with E-state index in [9.17, 15) is 23.2 Å². The predicted molar refractivity (Wildman–Crippen MR) is 107 cm³/mol. The van der Waals surface area contributed by atoms with Crippen LogP contribution >= 0.6 is 0 Å². The van der Waals surface area contributed by atoms with Crippen LogP contribution in [0.4, 0.5) is 0 Å². The molecule has 0 heterocycles. The molecule has 3 aromatic rings. The minimum absolute atomic E-state index is 0.0691. The third kappa shape index (κ3) is 4.18. The molecule has 0 aliphatic heterocycles. The minimum atomic E-state index is -4.63. The summed E-state index contributed by atoms with van der Waals surface area (Å²) < 4.78 is 32.7. The fraction of sp³-hybridized carbons (Fsp3) is 0.182. The Labute approximate surface area is 164 Å². The number of hydrogen-bond acceptors (Lipinski definition) is 4. The number of phenols is 2. The Morgan fingerprint density at radius 1 is 0.821 bits per heavy atom. The number of rotatable bonds is 6. The van der Waals surface area contributed by atoms with Gasteiger partial charge in [-0.15, -0.1) is 0 Å². The van der Waals surface area contributed by atoms with Crippen LogP contribution < -0.4 is 0 Å². The smallest absolute Gasteiger partial charge is 0.298 e. The highest BCUT2D eigenvalue weighted by Crippen LogP contribution is 2.45. The average Bonchev–Trinajstić information content (AvgIpc) is 2.67. The van der Waals surface area contributed by atoms with E-state index in [1.54, 1.807) is 0 Å². The summed E-state index contributed by atoms with van der Waals surface area (Å²) in [7, 11) is -4.63. The molecule has 0 fully saturated rings. The van der Waals surface area contributed by atoms with Crippen molar-refractivity contribution in [2.45, 2.75) is 30.1 Å². The van der Waals surface area contributed by atoms with Gasteiger partial charge in [-0.1, -0.05) is 67.6 Å². The first-order chi connectivity index (χ1) is 13.3. The second kappa shape index (κ2) is 8.04. The topological polar surface area (TPSA) is 94.8 Å². The zero-order valence-corrected chi connectivity index (χ0v) is 16.2. The van der Waals surface area contributed by atoms with Crippen LogP contribution in [-0.2, 0) is 10.1 Å². The first-order valence-electron chi connectivity index (χ1n) is 8.91. The summed E-state index contributed by atoms with van der Waals surface area (Å²) in [6.45, 7) is 2.03. The van der Waals surface area contributed by atoms with Gasteiger partial charge in [0.15, 0.2) is 0 Å². The molecule has 0 amide bonds. The number of phenolic OH excluding ortho intramolecular Hbond substituents is 2. The molecule has 5 nitrogen and oxygen atoms in total. The monoisotopic (exact) mass is 398 g/mol. The van der Waals surface area contributed by atoms with Gasteiger partial charge in [-0.2, -0.15) is 8.42 Å². The third-order valence-corrected chi connectivity index (χ3v) is 5.83. The van der Waals surface area contributed by atoms with Gasteiger partial charge in [0.1, 0.15) is 16.4 Å². The van der Waals surface area contributed by atoms with Crippen molar-refractivity contribution in [1.29, 1.82) is 0 Å². The van der Waals surface area contributed by atoms with E-state index in [2.05, 4.69) is 0 Å². The lowest BCUT2D eigenvalue weighted by Crippen LogP contribution is -2.09. The zero-order valence-electron chi connectivity index (χ0n) is 15.4. The SMILES string of the molecule is CC(CC(c1ccccc1)c1c(O)ccc(S(=O)(=O)O)c1O)c1ccccc1. The molecule has 0 spiro atoms. The molecule has 0 aliphatic rings. The first-order valence-corrected chi connectivity index (χ1v) is 10.3. The Bertz CT molecular complexity index is 1050. The number of benzene rings is 3. The van der Waals surface area contributed by atoms with Crippen LogP contribution in [-0.4, -0.2) is 23.2 Å². The molecular formula is C22H22O5S. The lowest BCUT2D eigenvalue weighted by molar-refractivity contribution is 0.412. The molecule has 28 heavy (non-hydrogen) atoms. The Morgan fingerprint density at radius 2 is 1.36 bits per heavy atom. The summed E-state index contributed by atoms with van der Waals surface area (Å²) in [4.78, 5) is -0.617. The van der Waals surface area contributed by atoms with Crippen molar-refractivity contribution in [2.24, 2.45) is 0 Å². The summed E-state index contributed by atoms with van der Waals surface area (Å²) in [6.07, 6.45) is 0.518. The summed E-state index contributed by atoms with van der Waals surface area (Å²) in [5, 5.41) is 21.1. The molecule has 3 aromatic carbocycles. The molecule has 2 unspecified atom stereocenters. The Kier molecular flexibility index (Phi) is 5.72. The van der Waals surface area contributed by atoms with E-state index in [1.165, 1.54) is 6.07 Å². The molecule has 0 saturated heterocycles. The molecule has 3 N–H and O–H groups in total. The van der Waals surface area contributed by atoms with Crippen molar-refractivity contribution in [2.75, 3.05) is 0 Å². The largest absolute Gasteiger partial charge is 0.508 e. The quantitative estimate of drug-likeness (QED) is 0.525. The van der Waals surface area contributed by atoms with Gasteiger partial charge < -0.3 is 10.2 Å². The average molecular weight is 398 g/mol. The molecule has 0 aliphatic carbocycles. The van der Waals surface area contributed by atoms with Gasteiger partial charge in [0.2, 0.25) is 0 Å². The van der Waals surface area contributed by atoms with Crippen LogP contribution in [0, 0.1) is 0 Å². The third-order valence-electron chi connectivity index (χ3n) is 4.94. The van der Waals surface area contributed by atoms with Crippen LogP contribution in [0.3, 0.4) is 0 Å². The molecule has 2 atom stereocenters. The van der Waals surface area contributed by atoms with Crippen molar-refractivity contribution in [1.82, 2.24) is 0 Å².